The summed E-state index contributed by atoms with van der Waals surface area (Å²) >= 11 is 0. The van der Waals surface area contributed by atoms with Gasteiger partial charge in [0, 0.05) is 7.11 Å². The zero-order chi connectivity index (χ0) is 9.26. The van der Waals surface area contributed by atoms with Gasteiger partial charge in [-0.25, -0.2) is 0 Å². The van der Waals surface area contributed by atoms with E-state index in [-0.39, 0.29) is 6.10 Å². The highest BCUT2D eigenvalue weighted by Crippen LogP contribution is 2.28. The van der Waals surface area contributed by atoms with Crippen molar-refractivity contribution < 1.29 is 9.84 Å². The lowest BCUT2D eigenvalue weighted by atomic mass is 9.93. The second-order valence-corrected chi connectivity index (χ2v) is 3.13. The SMILES string of the molecule is CO[C@H]1C=Cc2ccccc2[C@@H]1O. The van der Waals surface area contributed by atoms with Crippen LogP contribution in [0.25, 0.3) is 6.08 Å². The molecule has 1 aliphatic carbocycles. The molecule has 0 saturated carbocycles. The normalized spacial score (nSPS) is 25.7. The number of benzene rings is 1. The summed E-state index contributed by atoms with van der Waals surface area (Å²) in [7, 11) is 1.60. The zero-order valence-corrected chi connectivity index (χ0v) is 7.47. The molecule has 2 atom stereocenters. The van der Waals surface area contributed by atoms with Crippen molar-refractivity contribution in [3.63, 3.8) is 0 Å². The number of ether oxygens (including phenoxy) is 1. The molecule has 0 saturated heterocycles. The van der Waals surface area contributed by atoms with Crippen LogP contribution in [-0.2, 0) is 4.74 Å². The third kappa shape index (κ3) is 1.39. The van der Waals surface area contributed by atoms with Crippen LogP contribution in [0.5, 0.6) is 0 Å². The zero-order valence-electron chi connectivity index (χ0n) is 7.47. The minimum absolute atomic E-state index is 0.213. The van der Waals surface area contributed by atoms with E-state index in [1.807, 2.05) is 36.4 Å². The van der Waals surface area contributed by atoms with Gasteiger partial charge in [0.05, 0.1) is 0 Å². The Kier molecular flexibility index (Phi) is 2.17. The van der Waals surface area contributed by atoms with Gasteiger partial charge in [-0.15, -0.1) is 0 Å². The number of hydrogen-bond donors (Lipinski definition) is 1. The number of methoxy groups -OCH3 is 1. The van der Waals surface area contributed by atoms with Crippen molar-refractivity contribution in [2.24, 2.45) is 0 Å². The van der Waals surface area contributed by atoms with Crippen molar-refractivity contribution in [3.8, 4) is 0 Å². The highest BCUT2D eigenvalue weighted by molar-refractivity contribution is 5.58. The second-order valence-electron chi connectivity index (χ2n) is 3.13. The Labute approximate surface area is 77.5 Å². The summed E-state index contributed by atoms with van der Waals surface area (Å²) in [6.45, 7) is 0. The van der Waals surface area contributed by atoms with E-state index < -0.39 is 6.10 Å². The van der Waals surface area contributed by atoms with Crippen molar-refractivity contribution in [1.82, 2.24) is 0 Å². The molecule has 0 radical (unpaired) electrons. The van der Waals surface area contributed by atoms with Gasteiger partial charge in [-0.3, -0.25) is 0 Å². The molecule has 0 amide bonds. The first-order chi connectivity index (χ1) is 6.33. The van der Waals surface area contributed by atoms with Gasteiger partial charge in [0.2, 0.25) is 0 Å². The number of aliphatic hydroxyl groups is 1. The van der Waals surface area contributed by atoms with E-state index in [0.29, 0.717) is 0 Å². The Morgan fingerprint density at radius 2 is 2.08 bits per heavy atom. The molecular weight excluding hydrogens is 164 g/mol. The van der Waals surface area contributed by atoms with Gasteiger partial charge in [0.15, 0.2) is 0 Å². The molecule has 0 aliphatic heterocycles. The van der Waals surface area contributed by atoms with Crippen LogP contribution in [0.4, 0.5) is 0 Å². The van der Waals surface area contributed by atoms with Crippen molar-refractivity contribution >= 4 is 6.08 Å². The van der Waals surface area contributed by atoms with Crippen LogP contribution in [0.1, 0.15) is 17.2 Å². The predicted octanol–water partition coefficient (Wildman–Crippen LogP) is 1.76. The largest absolute Gasteiger partial charge is 0.385 e. The molecule has 0 aromatic heterocycles. The van der Waals surface area contributed by atoms with Crippen molar-refractivity contribution in [1.29, 1.82) is 0 Å². The van der Waals surface area contributed by atoms with Crippen molar-refractivity contribution in [2.75, 3.05) is 7.11 Å². The van der Waals surface area contributed by atoms with E-state index in [9.17, 15) is 5.11 Å². The molecule has 2 rings (SSSR count). The van der Waals surface area contributed by atoms with E-state index >= 15 is 0 Å². The highest BCUT2D eigenvalue weighted by atomic mass is 16.5. The molecule has 2 nitrogen and oxygen atoms in total. The van der Waals surface area contributed by atoms with E-state index in [4.69, 9.17) is 4.74 Å². The van der Waals surface area contributed by atoms with Gasteiger partial charge in [-0.05, 0) is 11.1 Å². The Morgan fingerprint density at radius 1 is 1.31 bits per heavy atom. The predicted molar refractivity (Wildman–Crippen MR) is 51.2 cm³/mol. The summed E-state index contributed by atoms with van der Waals surface area (Å²) in [5.74, 6) is 0. The average molecular weight is 176 g/mol. The first kappa shape index (κ1) is 8.48. The van der Waals surface area contributed by atoms with Crippen molar-refractivity contribution in [3.05, 3.63) is 41.5 Å². The minimum Gasteiger partial charge on any atom is -0.385 e. The first-order valence-corrected chi connectivity index (χ1v) is 4.31. The van der Waals surface area contributed by atoms with E-state index in [1.54, 1.807) is 7.11 Å². The fraction of sp³-hybridized carbons (Fsp3) is 0.273. The summed E-state index contributed by atoms with van der Waals surface area (Å²) < 4.78 is 5.12. The molecule has 0 fully saturated rings. The Balaban J connectivity index is 2.42. The number of hydrogen-bond acceptors (Lipinski definition) is 2. The van der Waals surface area contributed by atoms with Crippen LogP contribution in [-0.4, -0.2) is 18.3 Å². The quantitative estimate of drug-likeness (QED) is 0.706. The molecule has 2 heteroatoms. The molecule has 1 N–H and O–H groups in total. The van der Waals surface area contributed by atoms with Gasteiger partial charge >= 0.3 is 0 Å². The molecule has 68 valence electrons. The summed E-state index contributed by atoms with van der Waals surface area (Å²) in [6, 6.07) is 7.80. The maximum absolute atomic E-state index is 9.84. The lowest BCUT2D eigenvalue weighted by molar-refractivity contribution is 0.0150. The Morgan fingerprint density at radius 3 is 2.85 bits per heavy atom. The van der Waals surface area contributed by atoms with E-state index in [0.717, 1.165) is 11.1 Å². The van der Waals surface area contributed by atoms with Crippen LogP contribution in [0, 0.1) is 0 Å². The summed E-state index contributed by atoms with van der Waals surface area (Å²) in [4.78, 5) is 0. The van der Waals surface area contributed by atoms with Crippen LogP contribution in [0.2, 0.25) is 0 Å². The standard InChI is InChI=1S/C11H12O2/c1-13-10-7-6-8-4-2-3-5-9(8)11(10)12/h2-7,10-12H,1H3/t10-,11-/m0/s1. The third-order valence-corrected chi connectivity index (χ3v) is 2.36. The Hall–Kier alpha value is -1.12. The average Bonchev–Trinajstić information content (AvgIpc) is 2.19. The third-order valence-electron chi connectivity index (χ3n) is 2.36. The molecule has 0 unspecified atom stereocenters. The monoisotopic (exact) mass is 176 g/mol. The second kappa shape index (κ2) is 3.32. The van der Waals surface area contributed by atoms with E-state index in [2.05, 4.69) is 0 Å². The van der Waals surface area contributed by atoms with Crippen LogP contribution >= 0.6 is 0 Å². The van der Waals surface area contributed by atoms with Crippen LogP contribution in [0.15, 0.2) is 30.3 Å². The summed E-state index contributed by atoms with van der Waals surface area (Å²) in [5.41, 5.74) is 2.01. The number of fused-ring (bicyclic) bond motifs is 1. The van der Waals surface area contributed by atoms with Gasteiger partial charge in [-0.2, -0.15) is 0 Å². The molecule has 13 heavy (non-hydrogen) atoms. The fourth-order valence-corrected chi connectivity index (χ4v) is 1.62. The Bertz CT molecular complexity index is 331. The van der Waals surface area contributed by atoms with Gasteiger partial charge < -0.3 is 9.84 Å². The van der Waals surface area contributed by atoms with Crippen LogP contribution in [0.3, 0.4) is 0 Å². The van der Waals surface area contributed by atoms with Gasteiger partial charge in [0.1, 0.15) is 12.2 Å². The van der Waals surface area contributed by atoms with E-state index in [1.165, 1.54) is 0 Å². The summed E-state index contributed by atoms with van der Waals surface area (Å²) in [6.07, 6.45) is 3.12. The van der Waals surface area contributed by atoms with Gasteiger partial charge in [-0.1, -0.05) is 36.4 Å². The maximum Gasteiger partial charge on any atom is 0.109 e. The lowest BCUT2D eigenvalue weighted by Crippen LogP contribution is -2.21. The number of aliphatic hydroxyl groups excluding tert-OH is 1. The van der Waals surface area contributed by atoms with Crippen LogP contribution < -0.4 is 0 Å². The molecule has 0 bridgehead atoms. The molecule has 0 heterocycles. The smallest absolute Gasteiger partial charge is 0.109 e. The molecule has 1 aromatic carbocycles. The van der Waals surface area contributed by atoms with Crippen molar-refractivity contribution in [2.45, 2.75) is 12.2 Å². The summed E-state index contributed by atoms with van der Waals surface area (Å²) in [5, 5.41) is 9.84. The first-order valence-electron chi connectivity index (χ1n) is 4.31. The topological polar surface area (TPSA) is 29.5 Å². The minimum atomic E-state index is -0.536. The molecular formula is C11H12O2. The molecule has 1 aromatic rings. The molecule has 0 spiro atoms. The maximum atomic E-state index is 9.84. The van der Waals surface area contributed by atoms with Gasteiger partial charge in [0.25, 0.3) is 0 Å². The fourth-order valence-electron chi connectivity index (χ4n) is 1.62. The number of rotatable bonds is 1. The molecule has 1 aliphatic rings. The highest BCUT2D eigenvalue weighted by Gasteiger charge is 2.22. The lowest BCUT2D eigenvalue weighted by Gasteiger charge is -2.24.